The number of nitrogens with one attached hydrogen (secondary N) is 1. The van der Waals surface area contributed by atoms with Crippen LogP contribution in [0.4, 0.5) is 4.39 Å². The number of halogens is 1. The summed E-state index contributed by atoms with van der Waals surface area (Å²) in [6.45, 7) is 2.03. The first-order valence-electron chi connectivity index (χ1n) is 8.48. The van der Waals surface area contributed by atoms with E-state index in [1.54, 1.807) is 11.1 Å². The summed E-state index contributed by atoms with van der Waals surface area (Å²) in [5.74, 6) is 1.23. The summed E-state index contributed by atoms with van der Waals surface area (Å²) in [6, 6.07) is 4.63. The summed E-state index contributed by atoms with van der Waals surface area (Å²) in [6.07, 6.45) is 2.05. The minimum Gasteiger partial charge on any atom is -0.336 e. The van der Waals surface area contributed by atoms with Crippen molar-refractivity contribution in [2.75, 3.05) is 31.1 Å². The zero-order valence-corrected chi connectivity index (χ0v) is 16.2. The molecule has 1 saturated heterocycles. The average Bonchev–Trinajstić information content (AvgIpc) is 3.15. The molecule has 2 aromatic rings. The number of nitrogens with zero attached hydrogens (tertiary/aromatic N) is 4. The number of hydrogen-bond acceptors (Lipinski definition) is 6. The molecule has 0 aliphatic carbocycles. The second-order valence-corrected chi connectivity index (χ2v) is 8.97. The van der Waals surface area contributed by atoms with Crippen molar-refractivity contribution in [1.82, 2.24) is 24.6 Å². The largest absolute Gasteiger partial charge is 0.336 e. The van der Waals surface area contributed by atoms with E-state index in [9.17, 15) is 17.6 Å². The fourth-order valence-corrected chi connectivity index (χ4v) is 4.56. The van der Waals surface area contributed by atoms with Crippen LogP contribution in [0.25, 0.3) is 0 Å². The second kappa shape index (κ2) is 8.81. The Bertz CT molecular complexity index is 880. The average molecular weight is 414 g/mol. The molecule has 11 heteroatoms. The molecule has 1 N–H and O–H groups in total. The van der Waals surface area contributed by atoms with Gasteiger partial charge in [-0.1, -0.05) is 5.21 Å². The van der Waals surface area contributed by atoms with Crippen LogP contribution in [-0.4, -0.2) is 65.4 Å². The Morgan fingerprint density at radius 1 is 1.22 bits per heavy atom. The van der Waals surface area contributed by atoms with Gasteiger partial charge in [-0.15, -0.1) is 5.10 Å². The van der Waals surface area contributed by atoms with E-state index in [1.807, 2.05) is 11.8 Å². The van der Waals surface area contributed by atoms with E-state index in [0.29, 0.717) is 31.7 Å². The highest BCUT2D eigenvalue weighted by Gasteiger charge is 2.21. The molecule has 0 spiro atoms. The third-order valence-corrected chi connectivity index (χ3v) is 6.46. The van der Waals surface area contributed by atoms with Crippen LogP contribution in [-0.2, 0) is 16.6 Å². The van der Waals surface area contributed by atoms with Gasteiger partial charge in [0.2, 0.25) is 10.0 Å². The van der Waals surface area contributed by atoms with E-state index in [2.05, 4.69) is 15.0 Å². The SMILES string of the molecule is O=C(c1cn(CCCNS(=O)(=O)c2ccc(F)cc2)nn1)N1CCSCC1. The van der Waals surface area contributed by atoms with E-state index in [0.717, 1.165) is 23.6 Å². The molecule has 1 aliphatic heterocycles. The molecule has 2 heterocycles. The Balaban J connectivity index is 1.47. The van der Waals surface area contributed by atoms with Gasteiger partial charge in [-0.3, -0.25) is 9.48 Å². The summed E-state index contributed by atoms with van der Waals surface area (Å²) < 4.78 is 41.1. The zero-order valence-electron chi connectivity index (χ0n) is 14.5. The molecule has 3 rings (SSSR count). The van der Waals surface area contributed by atoms with Gasteiger partial charge < -0.3 is 4.90 Å². The first-order valence-corrected chi connectivity index (χ1v) is 11.1. The monoisotopic (exact) mass is 413 g/mol. The van der Waals surface area contributed by atoms with Gasteiger partial charge in [0.05, 0.1) is 11.1 Å². The van der Waals surface area contributed by atoms with Gasteiger partial charge in [-0.25, -0.2) is 17.5 Å². The standard InChI is InChI=1S/C16H20FN5O3S2/c17-13-2-4-14(5-3-13)27(24,25)18-6-1-7-22-12-15(19-20-22)16(23)21-8-10-26-11-9-21/h2-5,12,18H,1,6-11H2. The first-order chi connectivity index (χ1) is 13.0. The van der Waals surface area contributed by atoms with Crippen molar-refractivity contribution in [3.63, 3.8) is 0 Å². The number of aromatic nitrogens is 3. The Morgan fingerprint density at radius 2 is 1.93 bits per heavy atom. The third-order valence-electron chi connectivity index (χ3n) is 4.04. The van der Waals surface area contributed by atoms with E-state index < -0.39 is 15.8 Å². The van der Waals surface area contributed by atoms with Crippen LogP contribution in [0.3, 0.4) is 0 Å². The number of carbonyl (C=O) groups is 1. The van der Waals surface area contributed by atoms with Gasteiger partial charge in [0.25, 0.3) is 5.91 Å². The van der Waals surface area contributed by atoms with Crippen LogP contribution in [0.5, 0.6) is 0 Å². The molecule has 1 aromatic carbocycles. The van der Waals surface area contributed by atoms with Gasteiger partial charge in [-0.2, -0.15) is 11.8 Å². The molecule has 0 atom stereocenters. The van der Waals surface area contributed by atoms with Crippen LogP contribution in [0.2, 0.25) is 0 Å². The predicted octanol–water partition coefficient (Wildman–Crippen LogP) is 0.975. The highest BCUT2D eigenvalue weighted by Crippen LogP contribution is 2.12. The second-order valence-electron chi connectivity index (χ2n) is 5.98. The Hall–Kier alpha value is -1.98. The molecule has 8 nitrogen and oxygen atoms in total. The number of hydrogen-bond donors (Lipinski definition) is 1. The van der Waals surface area contributed by atoms with Crippen LogP contribution in [0.15, 0.2) is 35.4 Å². The minimum absolute atomic E-state index is 0.0113. The number of rotatable bonds is 7. The maximum atomic E-state index is 12.9. The maximum Gasteiger partial charge on any atom is 0.276 e. The van der Waals surface area contributed by atoms with Gasteiger partial charge in [-0.05, 0) is 30.7 Å². The van der Waals surface area contributed by atoms with Crippen LogP contribution in [0.1, 0.15) is 16.9 Å². The van der Waals surface area contributed by atoms with Crippen molar-refractivity contribution in [3.05, 3.63) is 42.0 Å². The van der Waals surface area contributed by atoms with Crippen LogP contribution < -0.4 is 4.72 Å². The van der Waals surface area contributed by atoms with Crippen molar-refractivity contribution in [2.45, 2.75) is 17.9 Å². The predicted molar refractivity (Wildman–Crippen MR) is 99.5 cm³/mol. The highest BCUT2D eigenvalue weighted by molar-refractivity contribution is 7.99. The summed E-state index contributed by atoms with van der Waals surface area (Å²) in [7, 11) is -3.68. The quantitative estimate of drug-likeness (QED) is 0.680. The lowest BCUT2D eigenvalue weighted by atomic mass is 10.3. The number of amides is 1. The van der Waals surface area contributed by atoms with Gasteiger partial charge in [0.1, 0.15) is 5.82 Å². The molecular weight excluding hydrogens is 393 g/mol. The van der Waals surface area contributed by atoms with Crippen molar-refractivity contribution in [2.24, 2.45) is 0 Å². The van der Waals surface area contributed by atoms with Crippen molar-refractivity contribution < 1.29 is 17.6 Å². The number of sulfonamides is 1. The van der Waals surface area contributed by atoms with Gasteiger partial charge in [0, 0.05) is 37.7 Å². The fraction of sp³-hybridized carbons (Fsp3) is 0.438. The lowest BCUT2D eigenvalue weighted by molar-refractivity contribution is 0.0766. The first kappa shape index (κ1) is 19.8. The molecule has 1 aromatic heterocycles. The van der Waals surface area contributed by atoms with Crippen molar-refractivity contribution in [3.8, 4) is 0 Å². The summed E-state index contributed by atoms with van der Waals surface area (Å²) >= 11 is 1.82. The molecule has 0 bridgehead atoms. The van der Waals surface area contributed by atoms with E-state index in [4.69, 9.17) is 0 Å². The smallest absolute Gasteiger partial charge is 0.276 e. The zero-order chi connectivity index (χ0) is 19.3. The molecule has 1 amide bonds. The number of aryl methyl sites for hydroxylation is 1. The summed E-state index contributed by atoms with van der Waals surface area (Å²) in [5, 5.41) is 7.84. The van der Waals surface area contributed by atoms with Gasteiger partial charge in [0.15, 0.2) is 5.69 Å². The Labute approximate surface area is 161 Å². The van der Waals surface area contributed by atoms with Gasteiger partial charge >= 0.3 is 0 Å². The highest BCUT2D eigenvalue weighted by atomic mass is 32.2. The van der Waals surface area contributed by atoms with E-state index in [-0.39, 0.29) is 17.3 Å². The summed E-state index contributed by atoms with van der Waals surface area (Å²) in [5.41, 5.74) is 0.300. The lowest BCUT2D eigenvalue weighted by Crippen LogP contribution is -2.38. The van der Waals surface area contributed by atoms with Crippen molar-refractivity contribution in [1.29, 1.82) is 0 Å². The Morgan fingerprint density at radius 3 is 2.63 bits per heavy atom. The lowest BCUT2D eigenvalue weighted by Gasteiger charge is -2.25. The van der Waals surface area contributed by atoms with Crippen LogP contribution >= 0.6 is 11.8 Å². The molecule has 1 fully saturated rings. The molecule has 0 unspecified atom stereocenters. The normalized spacial score (nSPS) is 15.1. The number of benzene rings is 1. The maximum absolute atomic E-state index is 12.9. The Kier molecular flexibility index (Phi) is 6.45. The van der Waals surface area contributed by atoms with E-state index in [1.165, 1.54) is 16.8 Å². The van der Waals surface area contributed by atoms with E-state index >= 15 is 0 Å². The molecule has 1 aliphatic rings. The topological polar surface area (TPSA) is 97.2 Å². The number of carbonyl (C=O) groups excluding carboxylic acids is 1. The number of thioether (sulfide) groups is 1. The van der Waals surface area contributed by atoms with Crippen molar-refractivity contribution >= 4 is 27.7 Å². The molecule has 146 valence electrons. The molecule has 0 radical (unpaired) electrons. The third kappa shape index (κ3) is 5.27. The fourth-order valence-electron chi connectivity index (χ4n) is 2.58. The molecule has 0 saturated carbocycles. The molecular formula is C16H20FN5O3S2. The summed E-state index contributed by atoms with van der Waals surface area (Å²) in [4.78, 5) is 14.1. The minimum atomic E-state index is -3.68. The molecule has 27 heavy (non-hydrogen) atoms. The van der Waals surface area contributed by atoms with Crippen LogP contribution in [0, 0.1) is 5.82 Å².